The molecule has 2 fully saturated rings. The molecular weight excluding hydrogens is 759 g/mol. The summed E-state index contributed by atoms with van der Waals surface area (Å²) in [6, 6.07) is -0.143. The molecule has 0 spiro atoms. The Bertz CT molecular complexity index is 1220. The summed E-state index contributed by atoms with van der Waals surface area (Å²) < 4.78 is 5.86. The van der Waals surface area contributed by atoms with E-state index in [0.717, 1.165) is 61.4 Å². The molecule has 2 saturated carbocycles. The van der Waals surface area contributed by atoms with Crippen molar-refractivity contribution in [1.82, 2.24) is 21.3 Å². The molecule has 358 valence electrons. The van der Waals surface area contributed by atoms with E-state index in [2.05, 4.69) is 68.4 Å². The van der Waals surface area contributed by atoms with Gasteiger partial charge in [0, 0.05) is 24.0 Å². The van der Waals surface area contributed by atoms with Crippen LogP contribution < -0.4 is 27.0 Å². The molecule has 2 rings (SSSR count). The molecule has 7 N–H and O–H groups in total. The van der Waals surface area contributed by atoms with Gasteiger partial charge in [-0.25, -0.2) is 0 Å². The lowest BCUT2D eigenvalue weighted by molar-refractivity contribution is -0.121. The van der Waals surface area contributed by atoms with Crippen LogP contribution in [0.15, 0.2) is 60.9 Å². The molecule has 9 nitrogen and oxygen atoms in total. The molecule has 0 aromatic carbocycles. The first kappa shape index (κ1) is 62.1. The number of allylic oxidation sites excluding steroid dienone is 1. The summed E-state index contributed by atoms with van der Waals surface area (Å²) in [7, 11) is 0. The van der Waals surface area contributed by atoms with E-state index >= 15 is 0 Å². The first-order chi connectivity index (χ1) is 28.5. The lowest BCUT2D eigenvalue weighted by Gasteiger charge is -2.32. The number of carbonyl (C=O) groups excluding carboxylic acids is 2. The number of rotatable bonds is 22. The zero-order valence-electron chi connectivity index (χ0n) is 42.5. The average Bonchev–Trinajstić information content (AvgIpc) is 3.19. The summed E-state index contributed by atoms with van der Waals surface area (Å²) in [6.07, 6.45) is 23.8. The molecule has 0 aromatic heterocycles. The van der Waals surface area contributed by atoms with E-state index in [0.29, 0.717) is 24.1 Å². The third-order valence-electron chi connectivity index (χ3n) is 10.2. The van der Waals surface area contributed by atoms with E-state index in [4.69, 9.17) is 15.6 Å². The lowest BCUT2D eigenvalue weighted by Crippen LogP contribution is -2.43. The highest BCUT2D eigenvalue weighted by Gasteiger charge is 2.29. The number of carbonyl (C=O) groups is 2. The summed E-state index contributed by atoms with van der Waals surface area (Å²) in [4.78, 5) is 23.5. The second-order valence-electron chi connectivity index (χ2n) is 18.7. The largest absolute Gasteiger partial charge is 0.474 e. The summed E-state index contributed by atoms with van der Waals surface area (Å²) in [5.74, 6) is 1.84. The van der Waals surface area contributed by atoms with Gasteiger partial charge in [0.05, 0.1) is 30.3 Å². The molecule has 0 bridgehead atoms. The molecule has 0 aromatic rings. The Morgan fingerprint density at radius 3 is 1.52 bits per heavy atom. The van der Waals surface area contributed by atoms with Crippen molar-refractivity contribution in [2.75, 3.05) is 6.54 Å². The normalized spacial score (nSPS) is 16.0. The topological polar surface area (TPSA) is 138 Å². The quantitative estimate of drug-likeness (QED) is 0.0360. The van der Waals surface area contributed by atoms with Crippen LogP contribution in [-0.2, 0) is 14.3 Å². The maximum Gasteiger partial charge on any atom is 0.217 e. The van der Waals surface area contributed by atoms with E-state index < -0.39 is 5.60 Å². The Balaban J connectivity index is -0.000000892. The number of nitrogens with two attached hydrogens (primary N) is 1. The molecule has 0 radical (unpaired) electrons. The minimum atomic E-state index is -0.500. The fourth-order valence-corrected chi connectivity index (χ4v) is 7.14. The van der Waals surface area contributed by atoms with Gasteiger partial charge in [-0.15, -0.1) is 0 Å². The van der Waals surface area contributed by atoms with Crippen LogP contribution in [0.4, 0.5) is 0 Å². The van der Waals surface area contributed by atoms with Crippen LogP contribution in [0.25, 0.3) is 0 Å². The molecule has 2 aliphatic rings. The van der Waals surface area contributed by atoms with Crippen molar-refractivity contribution in [2.45, 2.75) is 242 Å². The molecule has 3 unspecified atom stereocenters. The zero-order valence-corrected chi connectivity index (χ0v) is 42.5. The fraction of sp³-hybridized carbons (Fsp3) is 0.769. The standard InChI is InChI=1S/C24H42N4O.C16H29NO2.C6H14.C4H10O.C2H6/c1-7-8-10-15-23(28-21(6)29)18(3)20(5)26-16-17(2)27-24(19(4)25)22-13-11-9-12-14-22;1-6-14(19-16(3,4)5)17-15(12(2)18)13-10-8-7-9-11-13;1-3-5-6-4-2;1-4(2,3)5;1-2/h22-24,26-27H,2-5,7-16,25H2,1,6H3,(H,28,29);6,13,15,17H,7-11H2,1-5H3;3-6H2,1-2H3;5H,1-3H3;1-2H3/b;14-6-;;;. The van der Waals surface area contributed by atoms with Crippen molar-refractivity contribution < 1.29 is 19.4 Å². The first-order valence-electron chi connectivity index (χ1n) is 24.1. The van der Waals surface area contributed by atoms with Crippen molar-refractivity contribution in [3.63, 3.8) is 0 Å². The van der Waals surface area contributed by atoms with Gasteiger partial charge < -0.3 is 36.8 Å². The van der Waals surface area contributed by atoms with E-state index in [1.165, 1.54) is 84.0 Å². The predicted molar refractivity (Wildman–Crippen MR) is 266 cm³/mol. The number of aliphatic hydroxyl groups is 1. The second kappa shape index (κ2) is 36.3. The van der Waals surface area contributed by atoms with Gasteiger partial charge in [0.15, 0.2) is 11.7 Å². The minimum absolute atomic E-state index is 0.0525. The fourth-order valence-electron chi connectivity index (χ4n) is 7.14. The Morgan fingerprint density at radius 1 is 0.738 bits per heavy atom. The predicted octanol–water partition coefficient (Wildman–Crippen LogP) is 12.4. The van der Waals surface area contributed by atoms with Crippen LogP contribution in [0.5, 0.6) is 0 Å². The maximum atomic E-state index is 11.9. The summed E-state index contributed by atoms with van der Waals surface area (Å²) >= 11 is 0. The molecule has 61 heavy (non-hydrogen) atoms. The van der Waals surface area contributed by atoms with Gasteiger partial charge in [0.25, 0.3) is 0 Å². The smallest absolute Gasteiger partial charge is 0.217 e. The number of nitrogens with one attached hydrogen (secondary N) is 4. The van der Waals surface area contributed by atoms with Gasteiger partial charge in [0.1, 0.15) is 5.60 Å². The lowest BCUT2D eigenvalue weighted by atomic mass is 9.82. The van der Waals surface area contributed by atoms with Gasteiger partial charge in [-0.3, -0.25) is 9.59 Å². The number of Topliss-reactive ketones (excluding diaryl/α,β-unsaturated/α-hetero) is 1. The monoisotopic (exact) mass is 860 g/mol. The number of unbranched alkanes of at least 4 members (excludes halogenated alkanes) is 5. The summed E-state index contributed by atoms with van der Waals surface area (Å²) in [5, 5.41) is 21.6. The van der Waals surface area contributed by atoms with Crippen molar-refractivity contribution in [1.29, 1.82) is 0 Å². The highest BCUT2D eigenvalue weighted by molar-refractivity contribution is 5.82. The minimum Gasteiger partial charge on any atom is -0.474 e. The van der Waals surface area contributed by atoms with Crippen LogP contribution in [0, 0.1) is 11.8 Å². The molecule has 0 heterocycles. The third-order valence-corrected chi connectivity index (χ3v) is 10.2. The van der Waals surface area contributed by atoms with Crippen molar-refractivity contribution in [3.8, 4) is 0 Å². The van der Waals surface area contributed by atoms with Gasteiger partial charge in [0.2, 0.25) is 5.91 Å². The SMILES string of the molecule is C/C=C(/NC(C(C)=O)C1CCCCC1)OC(C)(C)C.C=C(CNC(=C)C(=C)C(CCCCC)NC(C)=O)NC(C(=C)N)C1CCCCC1.CC.CC(C)(C)O.CCCCCC. The third kappa shape index (κ3) is 36.0. The number of hydrogen-bond donors (Lipinski definition) is 6. The highest BCUT2D eigenvalue weighted by Crippen LogP contribution is 2.29. The van der Waals surface area contributed by atoms with E-state index in [1.807, 2.05) is 47.6 Å². The Morgan fingerprint density at radius 2 is 1.16 bits per heavy atom. The molecule has 3 atom stereocenters. The average molecular weight is 860 g/mol. The molecule has 2 aliphatic carbocycles. The zero-order chi connectivity index (χ0) is 47.6. The first-order valence-corrected chi connectivity index (χ1v) is 24.1. The van der Waals surface area contributed by atoms with E-state index in [9.17, 15) is 9.59 Å². The summed E-state index contributed by atoms with van der Waals surface area (Å²) in [6.45, 7) is 44.0. The van der Waals surface area contributed by atoms with E-state index in [1.54, 1.807) is 27.7 Å². The molecule has 0 aliphatic heterocycles. The Kier molecular flexibility index (Phi) is 37.0. The number of ether oxygens (including phenoxy) is 1. The van der Waals surface area contributed by atoms with E-state index in [-0.39, 0.29) is 35.4 Å². The van der Waals surface area contributed by atoms with Crippen molar-refractivity contribution in [3.05, 3.63) is 60.9 Å². The number of hydrogen-bond acceptors (Lipinski definition) is 8. The van der Waals surface area contributed by atoms with Gasteiger partial charge in [-0.1, -0.05) is 144 Å². The maximum absolute atomic E-state index is 11.9. The van der Waals surface area contributed by atoms with Crippen molar-refractivity contribution >= 4 is 11.7 Å². The van der Waals surface area contributed by atoms with Gasteiger partial charge in [-0.2, -0.15) is 0 Å². The molecule has 1 amide bonds. The van der Waals surface area contributed by atoms with Crippen LogP contribution in [-0.4, -0.2) is 52.7 Å². The molecule has 0 saturated heterocycles. The molecule has 9 heteroatoms. The Labute approximate surface area is 378 Å². The van der Waals surface area contributed by atoms with Crippen LogP contribution in [0.3, 0.4) is 0 Å². The molecular formula is C52H101N5O4. The Hall–Kier alpha value is -3.20. The second-order valence-corrected chi connectivity index (χ2v) is 18.7. The van der Waals surface area contributed by atoms with Gasteiger partial charge >= 0.3 is 0 Å². The number of amides is 1. The highest BCUT2D eigenvalue weighted by atomic mass is 16.5. The number of ketones is 1. The van der Waals surface area contributed by atoms with Crippen molar-refractivity contribution in [2.24, 2.45) is 17.6 Å². The van der Waals surface area contributed by atoms with Crippen LogP contribution >= 0.6 is 0 Å². The summed E-state index contributed by atoms with van der Waals surface area (Å²) in [5.41, 5.74) is 8.39. The van der Waals surface area contributed by atoms with Gasteiger partial charge in [-0.05, 0) is 111 Å². The van der Waals surface area contributed by atoms with Crippen LogP contribution in [0.1, 0.15) is 213 Å². The van der Waals surface area contributed by atoms with Crippen LogP contribution in [0.2, 0.25) is 0 Å².